The SMILES string of the molecule is CCc1ccc(Cc2cc([C@@H]3O[C@H](CO)[C@@H](O)[C@H](O)[C@H]3O)c(OC)cc2N)cc1. The van der Waals surface area contributed by atoms with Gasteiger partial charge in [-0.05, 0) is 35.6 Å². The first kappa shape index (κ1) is 21.5. The highest BCUT2D eigenvalue weighted by Gasteiger charge is 2.44. The zero-order valence-electron chi connectivity index (χ0n) is 16.7. The van der Waals surface area contributed by atoms with Crippen molar-refractivity contribution in [3.05, 3.63) is 58.7 Å². The molecular formula is C22H29NO6. The molecule has 5 atom stereocenters. The summed E-state index contributed by atoms with van der Waals surface area (Å²) in [6, 6.07) is 11.7. The summed E-state index contributed by atoms with van der Waals surface area (Å²) in [7, 11) is 1.48. The minimum atomic E-state index is -1.46. The Kier molecular flexibility index (Phi) is 6.77. The Morgan fingerprint density at radius 2 is 1.66 bits per heavy atom. The molecule has 0 saturated carbocycles. The van der Waals surface area contributed by atoms with Gasteiger partial charge in [0.25, 0.3) is 0 Å². The fourth-order valence-electron chi connectivity index (χ4n) is 3.68. The Morgan fingerprint density at radius 1 is 1.00 bits per heavy atom. The summed E-state index contributed by atoms with van der Waals surface area (Å²) in [6.45, 7) is 1.61. The minimum absolute atomic E-state index is 0.400. The van der Waals surface area contributed by atoms with E-state index in [0.29, 0.717) is 23.4 Å². The second kappa shape index (κ2) is 9.11. The largest absolute Gasteiger partial charge is 0.496 e. The van der Waals surface area contributed by atoms with Crippen LogP contribution < -0.4 is 10.5 Å². The van der Waals surface area contributed by atoms with Gasteiger partial charge in [-0.3, -0.25) is 0 Å². The zero-order valence-corrected chi connectivity index (χ0v) is 16.7. The molecular weight excluding hydrogens is 374 g/mol. The van der Waals surface area contributed by atoms with Gasteiger partial charge in [0.05, 0.1) is 13.7 Å². The van der Waals surface area contributed by atoms with Crippen molar-refractivity contribution in [2.45, 2.75) is 50.3 Å². The molecule has 0 amide bonds. The lowest BCUT2D eigenvalue weighted by Gasteiger charge is -2.40. The molecule has 0 spiro atoms. The van der Waals surface area contributed by atoms with Crippen molar-refractivity contribution < 1.29 is 29.9 Å². The number of aryl methyl sites for hydroxylation is 1. The van der Waals surface area contributed by atoms with Crippen molar-refractivity contribution in [3.8, 4) is 5.75 Å². The Morgan fingerprint density at radius 3 is 2.24 bits per heavy atom. The molecule has 1 heterocycles. The van der Waals surface area contributed by atoms with Gasteiger partial charge in [-0.2, -0.15) is 0 Å². The normalized spacial score (nSPS) is 27.0. The van der Waals surface area contributed by atoms with Crippen LogP contribution in [-0.2, 0) is 17.6 Å². The number of hydrogen-bond acceptors (Lipinski definition) is 7. The van der Waals surface area contributed by atoms with E-state index in [1.54, 1.807) is 12.1 Å². The summed E-state index contributed by atoms with van der Waals surface area (Å²) in [5.41, 5.74) is 10.4. The van der Waals surface area contributed by atoms with Crippen molar-refractivity contribution in [3.63, 3.8) is 0 Å². The van der Waals surface area contributed by atoms with Crippen LogP contribution in [0.25, 0.3) is 0 Å². The smallest absolute Gasteiger partial charge is 0.126 e. The van der Waals surface area contributed by atoms with Crippen LogP contribution in [0.3, 0.4) is 0 Å². The number of ether oxygens (including phenoxy) is 2. The van der Waals surface area contributed by atoms with Crippen molar-refractivity contribution in [2.24, 2.45) is 0 Å². The number of nitrogen functional groups attached to an aromatic ring is 1. The second-order valence-electron chi connectivity index (χ2n) is 7.39. The maximum absolute atomic E-state index is 10.5. The molecule has 1 saturated heterocycles. The molecule has 6 N–H and O–H groups in total. The van der Waals surface area contributed by atoms with Crippen LogP contribution in [0.2, 0.25) is 0 Å². The van der Waals surface area contributed by atoms with Crippen LogP contribution in [-0.4, -0.2) is 58.6 Å². The van der Waals surface area contributed by atoms with E-state index in [-0.39, 0.29) is 0 Å². The first-order valence-corrected chi connectivity index (χ1v) is 9.74. The van der Waals surface area contributed by atoms with Crippen LogP contribution in [0, 0.1) is 0 Å². The van der Waals surface area contributed by atoms with E-state index in [1.807, 2.05) is 0 Å². The molecule has 2 aromatic carbocycles. The van der Waals surface area contributed by atoms with Crippen LogP contribution >= 0.6 is 0 Å². The molecule has 0 aromatic heterocycles. The van der Waals surface area contributed by atoms with Gasteiger partial charge in [0.2, 0.25) is 0 Å². The number of hydrogen-bond donors (Lipinski definition) is 5. The van der Waals surface area contributed by atoms with Crippen LogP contribution in [0.15, 0.2) is 36.4 Å². The molecule has 29 heavy (non-hydrogen) atoms. The fourth-order valence-corrected chi connectivity index (χ4v) is 3.68. The number of anilines is 1. The lowest BCUT2D eigenvalue weighted by molar-refractivity contribution is -0.232. The summed E-state index contributed by atoms with van der Waals surface area (Å²) in [6.07, 6.45) is -4.70. The number of aliphatic hydroxyl groups is 4. The number of nitrogens with two attached hydrogens (primary N) is 1. The Balaban J connectivity index is 1.96. The predicted molar refractivity (Wildman–Crippen MR) is 109 cm³/mol. The van der Waals surface area contributed by atoms with Crippen molar-refractivity contribution in [1.82, 2.24) is 0 Å². The third-order valence-electron chi connectivity index (χ3n) is 5.52. The van der Waals surface area contributed by atoms with Crippen molar-refractivity contribution in [1.29, 1.82) is 0 Å². The predicted octanol–water partition coefficient (Wildman–Crippen LogP) is 0.945. The number of aliphatic hydroxyl groups excluding tert-OH is 4. The van der Waals surface area contributed by atoms with E-state index in [2.05, 4.69) is 31.2 Å². The zero-order chi connectivity index (χ0) is 21.1. The molecule has 0 unspecified atom stereocenters. The third kappa shape index (κ3) is 4.39. The maximum atomic E-state index is 10.5. The van der Waals surface area contributed by atoms with Gasteiger partial charge >= 0.3 is 0 Å². The first-order valence-electron chi connectivity index (χ1n) is 9.74. The van der Waals surface area contributed by atoms with Crippen molar-refractivity contribution in [2.75, 3.05) is 19.5 Å². The molecule has 1 fully saturated rings. The summed E-state index contributed by atoms with van der Waals surface area (Å²) >= 11 is 0. The highest BCUT2D eigenvalue weighted by Crippen LogP contribution is 2.39. The molecule has 0 aliphatic carbocycles. The van der Waals surface area contributed by atoms with Crippen LogP contribution in [0.4, 0.5) is 5.69 Å². The number of benzene rings is 2. The van der Waals surface area contributed by atoms with Gasteiger partial charge in [0.1, 0.15) is 36.3 Å². The van der Waals surface area contributed by atoms with Gasteiger partial charge < -0.3 is 35.6 Å². The summed E-state index contributed by atoms with van der Waals surface area (Å²) in [4.78, 5) is 0. The fraction of sp³-hybridized carbons (Fsp3) is 0.455. The Labute approximate surface area is 170 Å². The van der Waals surface area contributed by atoms with E-state index in [0.717, 1.165) is 17.5 Å². The monoisotopic (exact) mass is 403 g/mol. The van der Waals surface area contributed by atoms with E-state index >= 15 is 0 Å². The number of rotatable bonds is 6. The number of methoxy groups -OCH3 is 1. The topological polar surface area (TPSA) is 125 Å². The van der Waals surface area contributed by atoms with Gasteiger partial charge in [-0.25, -0.2) is 0 Å². The van der Waals surface area contributed by atoms with E-state index in [4.69, 9.17) is 15.2 Å². The Bertz CT molecular complexity index is 823. The lowest BCUT2D eigenvalue weighted by atomic mass is 9.89. The first-order chi connectivity index (χ1) is 13.9. The summed E-state index contributed by atoms with van der Waals surface area (Å²) in [5.74, 6) is 0.400. The average molecular weight is 403 g/mol. The molecule has 0 bridgehead atoms. The molecule has 7 nitrogen and oxygen atoms in total. The molecule has 1 aliphatic rings. The molecule has 2 aromatic rings. The van der Waals surface area contributed by atoms with Gasteiger partial charge in [-0.15, -0.1) is 0 Å². The Hall–Kier alpha value is -2.16. The van der Waals surface area contributed by atoms with Crippen LogP contribution in [0.1, 0.15) is 35.3 Å². The minimum Gasteiger partial charge on any atom is -0.496 e. The quantitative estimate of drug-likeness (QED) is 0.455. The molecule has 7 heteroatoms. The summed E-state index contributed by atoms with van der Waals surface area (Å²) in [5, 5.41) is 40.1. The van der Waals surface area contributed by atoms with Gasteiger partial charge in [-0.1, -0.05) is 31.2 Å². The molecule has 0 radical (unpaired) electrons. The summed E-state index contributed by atoms with van der Waals surface area (Å²) < 4.78 is 11.1. The van der Waals surface area contributed by atoms with Crippen molar-refractivity contribution >= 4 is 5.69 Å². The lowest BCUT2D eigenvalue weighted by Crippen LogP contribution is -2.55. The maximum Gasteiger partial charge on any atom is 0.126 e. The molecule has 1 aliphatic heterocycles. The van der Waals surface area contributed by atoms with Crippen LogP contribution in [0.5, 0.6) is 5.75 Å². The highest BCUT2D eigenvalue weighted by atomic mass is 16.5. The molecule has 3 rings (SSSR count). The van der Waals surface area contributed by atoms with Gasteiger partial charge in [0.15, 0.2) is 0 Å². The van der Waals surface area contributed by atoms with E-state index < -0.39 is 37.1 Å². The second-order valence-corrected chi connectivity index (χ2v) is 7.39. The average Bonchev–Trinajstić information content (AvgIpc) is 2.74. The van der Waals surface area contributed by atoms with Gasteiger partial charge in [0, 0.05) is 17.3 Å². The van der Waals surface area contributed by atoms with E-state index in [1.165, 1.54) is 12.7 Å². The standard InChI is InChI=1S/C22H29NO6/c1-3-12-4-6-13(7-5-12)8-14-9-15(17(28-2)10-16(14)23)22-21(27)20(26)19(25)18(11-24)29-22/h4-7,9-10,18-22,24-27H,3,8,11,23H2,1-2H3/t18-,19-,20+,21-,22+/m1/s1. The highest BCUT2D eigenvalue weighted by molar-refractivity contribution is 5.57. The third-order valence-corrected chi connectivity index (χ3v) is 5.52. The van der Waals surface area contributed by atoms with E-state index in [9.17, 15) is 20.4 Å². The molecule has 158 valence electrons.